The minimum Gasteiger partial charge on any atom is -0.494 e. The molecule has 0 saturated heterocycles. The molecule has 0 aliphatic rings. The second kappa shape index (κ2) is 13.7. The van der Waals surface area contributed by atoms with Crippen LogP contribution in [0.2, 0.25) is 0 Å². The van der Waals surface area contributed by atoms with E-state index in [4.69, 9.17) is 9.72 Å². The first-order chi connectivity index (χ1) is 21.7. The van der Waals surface area contributed by atoms with Gasteiger partial charge in [0.1, 0.15) is 11.6 Å². The molecule has 1 N–H and O–H groups in total. The number of halogens is 3. The zero-order chi connectivity index (χ0) is 32.0. The van der Waals surface area contributed by atoms with E-state index in [9.17, 15) is 22.8 Å². The fourth-order valence-electron chi connectivity index (χ4n) is 5.29. The van der Waals surface area contributed by atoms with Crippen LogP contribution in [0, 0.1) is 0 Å². The highest BCUT2D eigenvalue weighted by atomic mass is 19.4. The van der Waals surface area contributed by atoms with Crippen LogP contribution < -0.4 is 15.6 Å². The molecule has 0 bridgehead atoms. The average molecular weight is 615 g/mol. The van der Waals surface area contributed by atoms with Gasteiger partial charge in [0.05, 0.1) is 34.8 Å². The van der Waals surface area contributed by atoms with Crippen molar-refractivity contribution in [1.29, 1.82) is 0 Å². The van der Waals surface area contributed by atoms with Crippen LogP contribution in [0.3, 0.4) is 0 Å². The van der Waals surface area contributed by atoms with Crippen LogP contribution in [0.5, 0.6) is 5.75 Å². The van der Waals surface area contributed by atoms with Crippen LogP contribution in [-0.4, -0.2) is 33.6 Å². The Hall–Kier alpha value is -5.12. The summed E-state index contributed by atoms with van der Waals surface area (Å²) in [6.45, 7) is 4.45. The van der Waals surface area contributed by atoms with Crippen LogP contribution in [-0.2, 0) is 12.6 Å². The summed E-state index contributed by atoms with van der Waals surface area (Å²) in [7, 11) is 0. The molecule has 5 rings (SSSR count). The van der Waals surface area contributed by atoms with E-state index in [1.54, 1.807) is 48.5 Å². The van der Waals surface area contributed by atoms with Crippen molar-refractivity contribution in [3.05, 3.63) is 130 Å². The molecule has 1 unspecified atom stereocenters. The van der Waals surface area contributed by atoms with Gasteiger partial charge in [-0.3, -0.25) is 9.36 Å². The minimum absolute atomic E-state index is 0.00441. The number of hydrogen-bond donors (Lipinski definition) is 1. The second-order valence-electron chi connectivity index (χ2n) is 10.4. The third-order valence-electron chi connectivity index (χ3n) is 7.45. The van der Waals surface area contributed by atoms with Crippen molar-refractivity contribution in [1.82, 2.24) is 14.5 Å². The smallest absolute Gasteiger partial charge is 0.416 e. The standard InChI is InChI=1S/C35H33F3N4O3/c1-3-31(32-40-30-16-9-8-15-29(30)33(43)42(32)27-17-19-28(20-18-27)45-4-2)41(22-21-24-11-6-5-7-12-24)34(44)39-26-14-10-13-25(23-26)35(36,37)38/h5-20,23,31H,3-4,21-22H2,1-2H3,(H,39,44). The van der Waals surface area contributed by atoms with Gasteiger partial charge in [0.2, 0.25) is 0 Å². The van der Waals surface area contributed by atoms with E-state index in [0.29, 0.717) is 47.6 Å². The number of benzene rings is 4. The lowest BCUT2D eigenvalue weighted by Crippen LogP contribution is -2.42. The van der Waals surface area contributed by atoms with E-state index < -0.39 is 23.8 Å². The van der Waals surface area contributed by atoms with Crippen LogP contribution in [0.1, 0.15) is 43.3 Å². The molecule has 0 saturated carbocycles. The largest absolute Gasteiger partial charge is 0.494 e. The van der Waals surface area contributed by atoms with E-state index in [1.165, 1.54) is 21.6 Å². The van der Waals surface area contributed by atoms with Gasteiger partial charge in [-0.25, -0.2) is 9.78 Å². The van der Waals surface area contributed by atoms with Crippen molar-refractivity contribution in [3.63, 3.8) is 0 Å². The topological polar surface area (TPSA) is 76.5 Å². The van der Waals surface area contributed by atoms with E-state index >= 15 is 0 Å². The van der Waals surface area contributed by atoms with Gasteiger partial charge in [0.15, 0.2) is 0 Å². The number of carbonyl (C=O) groups is 1. The van der Waals surface area contributed by atoms with Crippen molar-refractivity contribution in [3.8, 4) is 11.4 Å². The summed E-state index contributed by atoms with van der Waals surface area (Å²) >= 11 is 0. The normalized spacial score (nSPS) is 12.1. The molecule has 1 atom stereocenters. The van der Waals surface area contributed by atoms with Gasteiger partial charge >= 0.3 is 12.2 Å². The average Bonchev–Trinajstić information content (AvgIpc) is 3.04. The van der Waals surface area contributed by atoms with Crippen molar-refractivity contribution >= 4 is 22.6 Å². The van der Waals surface area contributed by atoms with Gasteiger partial charge in [-0.2, -0.15) is 13.2 Å². The summed E-state index contributed by atoms with van der Waals surface area (Å²) in [6, 6.07) is 26.8. The second-order valence-corrected chi connectivity index (χ2v) is 10.4. The fraction of sp³-hybridized carbons (Fsp3) is 0.229. The number of rotatable bonds is 10. The van der Waals surface area contributed by atoms with Gasteiger partial charge in [-0.05, 0) is 79.9 Å². The number of carbonyl (C=O) groups excluding carboxylic acids is 1. The lowest BCUT2D eigenvalue weighted by Gasteiger charge is -2.32. The number of fused-ring (bicyclic) bond motifs is 1. The third kappa shape index (κ3) is 7.17. The highest BCUT2D eigenvalue weighted by molar-refractivity contribution is 5.90. The van der Waals surface area contributed by atoms with E-state index in [-0.39, 0.29) is 17.8 Å². The molecular weight excluding hydrogens is 581 g/mol. The Bertz CT molecular complexity index is 1820. The maximum absolute atomic E-state index is 14.0. The number of alkyl halides is 3. The fourth-order valence-corrected chi connectivity index (χ4v) is 5.29. The number of aromatic nitrogens is 2. The molecule has 7 nitrogen and oxygen atoms in total. The molecule has 0 fully saturated rings. The first kappa shape index (κ1) is 31.3. The molecule has 0 aliphatic heterocycles. The SMILES string of the molecule is CCOc1ccc(-n2c(C(CC)N(CCc3ccccc3)C(=O)Nc3cccc(C(F)(F)F)c3)nc3ccccc3c2=O)cc1. The molecule has 1 aromatic heterocycles. The molecule has 0 aliphatic carbocycles. The van der Waals surface area contributed by atoms with Crippen molar-refractivity contribution in [2.45, 2.75) is 38.9 Å². The van der Waals surface area contributed by atoms with Gasteiger partial charge in [0, 0.05) is 12.2 Å². The predicted molar refractivity (Wildman–Crippen MR) is 169 cm³/mol. The first-order valence-electron chi connectivity index (χ1n) is 14.7. The first-order valence-corrected chi connectivity index (χ1v) is 14.7. The lowest BCUT2D eigenvalue weighted by atomic mass is 10.1. The quantitative estimate of drug-likeness (QED) is 0.173. The zero-order valence-electron chi connectivity index (χ0n) is 24.9. The molecule has 4 aromatic carbocycles. The Morgan fingerprint density at radius 1 is 0.933 bits per heavy atom. The highest BCUT2D eigenvalue weighted by Crippen LogP contribution is 2.32. The number of amides is 2. The van der Waals surface area contributed by atoms with Crippen molar-refractivity contribution in [2.24, 2.45) is 0 Å². The number of ether oxygens (including phenoxy) is 1. The lowest BCUT2D eigenvalue weighted by molar-refractivity contribution is -0.137. The summed E-state index contributed by atoms with van der Waals surface area (Å²) in [5, 5.41) is 3.07. The molecule has 10 heteroatoms. The Morgan fingerprint density at radius 2 is 1.64 bits per heavy atom. The van der Waals surface area contributed by atoms with Gasteiger partial charge in [-0.15, -0.1) is 0 Å². The number of urea groups is 1. The van der Waals surface area contributed by atoms with Gasteiger partial charge in [0.25, 0.3) is 5.56 Å². The molecule has 232 valence electrons. The Kier molecular flexibility index (Phi) is 9.51. The van der Waals surface area contributed by atoms with Crippen LogP contribution in [0.25, 0.3) is 16.6 Å². The van der Waals surface area contributed by atoms with Gasteiger partial charge in [-0.1, -0.05) is 55.5 Å². The number of para-hydroxylation sites is 1. The summed E-state index contributed by atoms with van der Waals surface area (Å²) in [4.78, 5) is 34.5. The third-order valence-corrected chi connectivity index (χ3v) is 7.45. The maximum atomic E-state index is 14.0. The molecular formula is C35H33F3N4O3. The Balaban J connectivity index is 1.62. The molecule has 5 aromatic rings. The molecule has 0 radical (unpaired) electrons. The predicted octanol–water partition coefficient (Wildman–Crippen LogP) is 8.03. The highest BCUT2D eigenvalue weighted by Gasteiger charge is 2.32. The monoisotopic (exact) mass is 614 g/mol. The van der Waals surface area contributed by atoms with Crippen molar-refractivity contribution < 1.29 is 22.7 Å². The molecule has 0 spiro atoms. The summed E-state index contributed by atoms with van der Waals surface area (Å²) in [6.07, 6.45) is -3.73. The minimum atomic E-state index is -4.57. The van der Waals surface area contributed by atoms with Gasteiger partial charge < -0.3 is 15.0 Å². The molecule has 2 amide bonds. The summed E-state index contributed by atoms with van der Waals surface area (Å²) in [5.74, 6) is 0.971. The van der Waals surface area contributed by atoms with Crippen LogP contribution >= 0.6 is 0 Å². The van der Waals surface area contributed by atoms with E-state index in [0.717, 1.165) is 17.7 Å². The number of nitrogens with zero attached hydrogens (tertiary/aromatic N) is 3. The summed E-state index contributed by atoms with van der Waals surface area (Å²) < 4.78 is 47.4. The van der Waals surface area contributed by atoms with Crippen molar-refractivity contribution in [2.75, 3.05) is 18.5 Å². The molecule has 45 heavy (non-hydrogen) atoms. The number of anilines is 1. The molecule has 1 heterocycles. The zero-order valence-corrected chi connectivity index (χ0v) is 24.9. The van der Waals surface area contributed by atoms with E-state index in [2.05, 4.69) is 5.32 Å². The number of hydrogen-bond acceptors (Lipinski definition) is 4. The van der Waals surface area contributed by atoms with Crippen LogP contribution in [0.15, 0.2) is 108 Å². The summed E-state index contributed by atoms with van der Waals surface area (Å²) in [5.41, 5.74) is 0.809. The number of nitrogens with one attached hydrogen (secondary N) is 1. The van der Waals surface area contributed by atoms with E-state index in [1.807, 2.05) is 44.2 Å². The Morgan fingerprint density at radius 3 is 2.33 bits per heavy atom. The maximum Gasteiger partial charge on any atom is 0.416 e. The Labute approximate surface area is 258 Å². The van der Waals surface area contributed by atoms with Crippen LogP contribution in [0.4, 0.5) is 23.7 Å².